The fourth-order valence-electron chi connectivity index (χ4n) is 1.59. The predicted octanol–water partition coefficient (Wildman–Crippen LogP) is 4.30. The van der Waals surface area contributed by atoms with Crippen molar-refractivity contribution < 1.29 is 14.8 Å². The monoisotopic (exact) mass is 357 g/mol. The molecule has 20 heavy (non-hydrogen) atoms. The van der Waals surface area contributed by atoms with Crippen molar-refractivity contribution in [3.8, 4) is 11.5 Å². The molecule has 0 aromatic heterocycles. The van der Waals surface area contributed by atoms with Gasteiger partial charge in [-0.2, -0.15) is 0 Å². The third-order valence-electron chi connectivity index (χ3n) is 2.56. The van der Waals surface area contributed by atoms with Crippen LogP contribution >= 0.6 is 27.5 Å². The minimum Gasteiger partial charge on any atom is -0.454 e. The lowest BCUT2D eigenvalue weighted by molar-refractivity contribution is -0.384. The summed E-state index contributed by atoms with van der Waals surface area (Å²) in [5, 5.41) is 20.4. The Balaban J connectivity index is 2.44. The predicted molar refractivity (Wildman–Crippen MR) is 78.2 cm³/mol. The number of aliphatic hydroxyl groups excluding tert-OH is 1. The van der Waals surface area contributed by atoms with E-state index in [4.69, 9.17) is 16.3 Å². The third kappa shape index (κ3) is 3.09. The Hall–Kier alpha value is -1.63. The summed E-state index contributed by atoms with van der Waals surface area (Å²) in [7, 11) is 0. The highest BCUT2D eigenvalue weighted by Crippen LogP contribution is 2.37. The number of benzene rings is 2. The van der Waals surface area contributed by atoms with Crippen molar-refractivity contribution in [1.29, 1.82) is 0 Å². The van der Waals surface area contributed by atoms with Crippen LogP contribution in [-0.2, 0) is 6.61 Å². The highest BCUT2D eigenvalue weighted by atomic mass is 79.9. The molecule has 104 valence electrons. The number of non-ortho nitro benzene ring substituents is 1. The molecule has 0 saturated carbocycles. The van der Waals surface area contributed by atoms with Gasteiger partial charge in [0.05, 0.1) is 27.1 Å². The van der Waals surface area contributed by atoms with E-state index >= 15 is 0 Å². The second-order valence-corrected chi connectivity index (χ2v) is 5.12. The Bertz CT molecular complexity index is 663. The summed E-state index contributed by atoms with van der Waals surface area (Å²) in [5.41, 5.74) is 0.400. The van der Waals surface area contributed by atoms with E-state index in [0.717, 1.165) is 0 Å². The van der Waals surface area contributed by atoms with Gasteiger partial charge >= 0.3 is 0 Å². The SMILES string of the molecule is O=[N+]([O-])c1ccc(Br)c(Oc2c(Cl)cccc2CO)c1. The molecule has 0 bridgehead atoms. The first-order valence-electron chi connectivity index (χ1n) is 5.53. The van der Waals surface area contributed by atoms with E-state index in [1.54, 1.807) is 18.2 Å². The van der Waals surface area contributed by atoms with Gasteiger partial charge in [-0.3, -0.25) is 10.1 Å². The van der Waals surface area contributed by atoms with Gasteiger partial charge in [0, 0.05) is 11.6 Å². The molecule has 0 spiro atoms. The topological polar surface area (TPSA) is 72.6 Å². The summed E-state index contributed by atoms with van der Waals surface area (Å²) in [6.45, 7) is -0.248. The van der Waals surface area contributed by atoms with Crippen LogP contribution in [0.1, 0.15) is 5.56 Å². The van der Waals surface area contributed by atoms with Crippen molar-refractivity contribution >= 4 is 33.2 Å². The Morgan fingerprint density at radius 1 is 1.35 bits per heavy atom. The third-order valence-corrected chi connectivity index (χ3v) is 3.51. The van der Waals surface area contributed by atoms with Crippen molar-refractivity contribution in [3.05, 3.63) is 61.6 Å². The number of halogens is 2. The first-order valence-corrected chi connectivity index (χ1v) is 6.70. The molecule has 0 aliphatic carbocycles. The van der Waals surface area contributed by atoms with E-state index in [1.807, 2.05) is 0 Å². The van der Waals surface area contributed by atoms with Gasteiger partial charge < -0.3 is 9.84 Å². The summed E-state index contributed by atoms with van der Waals surface area (Å²) in [4.78, 5) is 10.3. The average Bonchev–Trinajstić information content (AvgIpc) is 2.42. The molecule has 5 nitrogen and oxygen atoms in total. The quantitative estimate of drug-likeness (QED) is 0.653. The van der Waals surface area contributed by atoms with Gasteiger partial charge in [0.25, 0.3) is 5.69 Å². The first kappa shape index (κ1) is 14.8. The smallest absolute Gasteiger partial charge is 0.273 e. The zero-order valence-electron chi connectivity index (χ0n) is 10.0. The van der Waals surface area contributed by atoms with Crippen LogP contribution in [0.3, 0.4) is 0 Å². The zero-order chi connectivity index (χ0) is 14.7. The molecule has 0 aliphatic heterocycles. The number of aliphatic hydroxyl groups is 1. The number of ether oxygens (including phenoxy) is 1. The van der Waals surface area contributed by atoms with Crippen LogP contribution < -0.4 is 4.74 Å². The second-order valence-electron chi connectivity index (χ2n) is 3.86. The number of para-hydroxylation sites is 1. The Morgan fingerprint density at radius 2 is 2.10 bits per heavy atom. The average molecular weight is 359 g/mol. The molecule has 1 N–H and O–H groups in total. The van der Waals surface area contributed by atoms with E-state index in [-0.39, 0.29) is 23.8 Å². The maximum absolute atomic E-state index is 10.8. The highest BCUT2D eigenvalue weighted by molar-refractivity contribution is 9.10. The number of nitro benzene ring substituents is 1. The summed E-state index contributed by atoms with van der Waals surface area (Å²) in [6.07, 6.45) is 0. The lowest BCUT2D eigenvalue weighted by Gasteiger charge is -2.12. The Kier molecular flexibility index (Phi) is 4.59. The lowest BCUT2D eigenvalue weighted by Crippen LogP contribution is -1.95. The van der Waals surface area contributed by atoms with Gasteiger partial charge in [-0.25, -0.2) is 0 Å². The molecule has 0 atom stereocenters. The molecule has 2 aromatic rings. The molecule has 2 rings (SSSR count). The fraction of sp³-hybridized carbons (Fsp3) is 0.0769. The largest absolute Gasteiger partial charge is 0.454 e. The van der Waals surface area contributed by atoms with Crippen LogP contribution in [0.25, 0.3) is 0 Å². The van der Waals surface area contributed by atoms with Crippen LogP contribution in [0.4, 0.5) is 5.69 Å². The van der Waals surface area contributed by atoms with Gasteiger partial charge in [-0.1, -0.05) is 23.7 Å². The van der Waals surface area contributed by atoms with Crippen LogP contribution in [0.2, 0.25) is 5.02 Å². The van der Waals surface area contributed by atoms with Crippen molar-refractivity contribution in [1.82, 2.24) is 0 Å². The molecule has 7 heteroatoms. The number of nitro groups is 1. The first-order chi connectivity index (χ1) is 9.52. The number of hydrogen-bond donors (Lipinski definition) is 1. The standard InChI is InChI=1S/C13H9BrClNO4/c14-10-5-4-9(16(18)19)6-12(10)20-13-8(7-17)2-1-3-11(13)15/h1-6,17H,7H2. The van der Waals surface area contributed by atoms with E-state index < -0.39 is 4.92 Å². The molecule has 0 amide bonds. The molecule has 0 aliphatic rings. The lowest BCUT2D eigenvalue weighted by atomic mass is 10.2. The van der Waals surface area contributed by atoms with Gasteiger partial charge in [0.2, 0.25) is 0 Å². The molecular formula is C13H9BrClNO4. The van der Waals surface area contributed by atoms with E-state index in [9.17, 15) is 15.2 Å². The van der Waals surface area contributed by atoms with Gasteiger partial charge in [0.1, 0.15) is 5.75 Å². The molecular weight excluding hydrogens is 350 g/mol. The fourth-order valence-corrected chi connectivity index (χ4v) is 2.15. The highest BCUT2D eigenvalue weighted by Gasteiger charge is 2.14. The summed E-state index contributed by atoms with van der Waals surface area (Å²) in [5.74, 6) is 0.528. The van der Waals surface area contributed by atoms with Crippen LogP contribution in [-0.4, -0.2) is 10.0 Å². The van der Waals surface area contributed by atoms with Crippen LogP contribution in [0.15, 0.2) is 40.9 Å². The number of rotatable bonds is 4. The van der Waals surface area contributed by atoms with Gasteiger partial charge in [0.15, 0.2) is 5.75 Å². The summed E-state index contributed by atoms with van der Waals surface area (Å²) in [6, 6.07) is 9.12. The van der Waals surface area contributed by atoms with Crippen molar-refractivity contribution in [2.75, 3.05) is 0 Å². The van der Waals surface area contributed by atoms with Crippen LogP contribution in [0, 0.1) is 10.1 Å². The molecule has 0 unspecified atom stereocenters. The normalized spacial score (nSPS) is 10.3. The Morgan fingerprint density at radius 3 is 2.75 bits per heavy atom. The molecule has 0 heterocycles. The molecule has 0 radical (unpaired) electrons. The summed E-state index contributed by atoms with van der Waals surface area (Å²) >= 11 is 9.28. The van der Waals surface area contributed by atoms with Crippen LogP contribution in [0.5, 0.6) is 11.5 Å². The van der Waals surface area contributed by atoms with Gasteiger partial charge in [-0.05, 0) is 28.1 Å². The van der Waals surface area contributed by atoms with E-state index in [0.29, 0.717) is 15.1 Å². The molecule has 0 saturated heterocycles. The Labute approximate surface area is 128 Å². The summed E-state index contributed by atoms with van der Waals surface area (Å²) < 4.78 is 6.16. The maximum atomic E-state index is 10.8. The van der Waals surface area contributed by atoms with E-state index in [2.05, 4.69) is 15.9 Å². The number of nitrogens with zero attached hydrogens (tertiary/aromatic N) is 1. The molecule has 0 fully saturated rings. The number of hydrogen-bond acceptors (Lipinski definition) is 4. The van der Waals surface area contributed by atoms with Gasteiger partial charge in [-0.15, -0.1) is 0 Å². The zero-order valence-corrected chi connectivity index (χ0v) is 12.4. The second kappa shape index (κ2) is 6.21. The van der Waals surface area contributed by atoms with E-state index in [1.165, 1.54) is 18.2 Å². The minimum atomic E-state index is -0.515. The van der Waals surface area contributed by atoms with Crippen molar-refractivity contribution in [2.24, 2.45) is 0 Å². The maximum Gasteiger partial charge on any atom is 0.273 e. The van der Waals surface area contributed by atoms with Crippen molar-refractivity contribution in [3.63, 3.8) is 0 Å². The minimum absolute atomic E-state index is 0.0965. The molecule has 2 aromatic carbocycles. The van der Waals surface area contributed by atoms with Crippen molar-refractivity contribution in [2.45, 2.75) is 6.61 Å².